The van der Waals surface area contributed by atoms with Gasteiger partial charge < -0.3 is 9.15 Å². The van der Waals surface area contributed by atoms with E-state index in [-0.39, 0.29) is 23.8 Å². The predicted molar refractivity (Wildman–Crippen MR) is 62.1 cm³/mol. The molecule has 0 N–H and O–H groups in total. The van der Waals surface area contributed by atoms with E-state index in [4.69, 9.17) is 9.15 Å². The Hall–Kier alpha value is -2.43. The Kier molecular flexibility index (Phi) is 3.52. The van der Waals surface area contributed by atoms with Crippen LogP contribution in [0.3, 0.4) is 0 Å². The molecule has 0 aliphatic heterocycles. The molecular weight excluding hydrogens is 234 g/mol. The van der Waals surface area contributed by atoms with E-state index in [1.165, 1.54) is 13.1 Å². The maximum absolute atomic E-state index is 11.6. The molecule has 2 aromatic rings. The van der Waals surface area contributed by atoms with Gasteiger partial charge in [-0.05, 0) is 24.3 Å². The molecule has 0 aromatic carbocycles. The lowest BCUT2D eigenvalue weighted by Gasteiger charge is -2.01. The van der Waals surface area contributed by atoms with Gasteiger partial charge in [0.25, 0.3) is 0 Å². The van der Waals surface area contributed by atoms with Crippen LogP contribution in [0.4, 0.5) is 0 Å². The zero-order chi connectivity index (χ0) is 13.0. The fourth-order valence-electron chi connectivity index (χ4n) is 1.34. The van der Waals surface area contributed by atoms with Crippen LogP contribution < -0.4 is 0 Å². The molecule has 2 rings (SSSR count). The first-order valence-corrected chi connectivity index (χ1v) is 5.34. The van der Waals surface area contributed by atoms with Crippen molar-refractivity contribution in [3.63, 3.8) is 0 Å². The summed E-state index contributed by atoms with van der Waals surface area (Å²) in [4.78, 5) is 26.4. The zero-order valence-electron chi connectivity index (χ0n) is 9.75. The summed E-state index contributed by atoms with van der Waals surface area (Å²) in [6, 6.07) is 8.12. The summed E-state index contributed by atoms with van der Waals surface area (Å²) >= 11 is 0. The largest absolute Gasteiger partial charge is 0.454 e. The number of furan rings is 1. The van der Waals surface area contributed by atoms with Crippen molar-refractivity contribution in [1.82, 2.24) is 4.98 Å². The SMILES string of the molecule is CC(=O)c1ccc(COC(=O)c2ccccn2)o1. The van der Waals surface area contributed by atoms with Crippen molar-refractivity contribution in [2.75, 3.05) is 0 Å². The smallest absolute Gasteiger partial charge is 0.357 e. The number of ether oxygens (including phenoxy) is 1. The van der Waals surface area contributed by atoms with Gasteiger partial charge in [-0.2, -0.15) is 0 Å². The highest BCUT2D eigenvalue weighted by Gasteiger charge is 2.11. The molecule has 0 aliphatic rings. The van der Waals surface area contributed by atoms with E-state index < -0.39 is 5.97 Å². The molecule has 92 valence electrons. The molecule has 0 saturated carbocycles. The van der Waals surface area contributed by atoms with Gasteiger partial charge in [0.2, 0.25) is 0 Å². The molecule has 0 bridgehead atoms. The van der Waals surface area contributed by atoms with Crippen molar-refractivity contribution >= 4 is 11.8 Å². The average molecular weight is 245 g/mol. The van der Waals surface area contributed by atoms with Crippen LogP contribution in [0.25, 0.3) is 0 Å². The van der Waals surface area contributed by atoms with E-state index in [0.29, 0.717) is 5.76 Å². The molecule has 0 radical (unpaired) electrons. The van der Waals surface area contributed by atoms with Crippen molar-refractivity contribution in [2.24, 2.45) is 0 Å². The van der Waals surface area contributed by atoms with Crippen LogP contribution in [0.2, 0.25) is 0 Å². The van der Waals surface area contributed by atoms with Gasteiger partial charge in [0, 0.05) is 13.1 Å². The molecule has 0 amide bonds. The van der Waals surface area contributed by atoms with E-state index in [2.05, 4.69) is 4.98 Å². The van der Waals surface area contributed by atoms with Crippen molar-refractivity contribution in [1.29, 1.82) is 0 Å². The highest BCUT2D eigenvalue weighted by atomic mass is 16.5. The fourth-order valence-corrected chi connectivity index (χ4v) is 1.34. The Labute approximate surface area is 103 Å². The summed E-state index contributed by atoms with van der Waals surface area (Å²) in [5.74, 6) is -0.0305. The van der Waals surface area contributed by atoms with Crippen LogP contribution in [-0.4, -0.2) is 16.7 Å². The van der Waals surface area contributed by atoms with E-state index >= 15 is 0 Å². The number of hydrogen-bond acceptors (Lipinski definition) is 5. The number of nitrogens with zero attached hydrogens (tertiary/aromatic N) is 1. The monoisotopic (exact) mass is 245 g/mol. The first-order chi connectivity index (χ1) is 8.66. The molecule has 0 atom stereocenters. The van der Waals surface area contributed by atoms with Crippen LogP contribution in [-0.2, 0) is 11.3 Å². The average Bonchev–Trinajstić information content (AvgIpc) is 2.86. The highest BCUT2D eigenvalue weighted by Crippen LogP contribution is 2.10. The molecule has 0 fully saturated rings. The Bertz CT molecular complexity index is 559. The number of carbonyl (C=O) groups excluding carboxylic acids is 2. The quantitative estimate of drug-likeness (QED) is 0.610. The Morgan fingerprint density at radius 1 is 1.28 bits per heavy atom. The zero-order valence-corrected chi connectivity index (χ0v) is 9.75. The maximum atomic E-state index is 11.6. The number of pyridine rings is 1. The van der Waals surface area contributed by atoms with Crippen molar-refractivity contribution in [3.8, 4) is 0 Å². The molecule has 5 nitrogen and oxygen atoms in total. The minimum Gasteiger partial charge on any atom is -0.454 e. The maximum Gasteiger partial charge on any atom is 0.357 e. The molecule has 0 aliphatic carbocycles. The summed E-state index contributed by atoms with van der Waals surface area (Å²) < 4.78 is 10.2. The topological polar surface area (TPSA) is 69.4 Å². The van der Waals surface area contributed by atoms with Crippen LogP contribution in [0.15, 0.2) is 40.9 Å². The van der Waals surface area contributed by atoms with Crippen LogP contribution in [0, 0.1) is 0 Å². The molecular formula is C13H11NO4. The number of Topliss-reactive ketones (excluding diaryl/α,β-unsaturated/α-hetero) is 1. The van der Waals surface area contributed by atoms with Gasteiger partial charge in [0.05, 0.1) is 0 Å². The highest BCUT2D eigenvalue weighted by molar-refractivity contribution is 5.91. The normalized spacial score (nSPS) is 10.1. The van der Waals surface area contributed by atoms with Gasteiger partial charge in [-0.3, -0.25) is 4.79 Å². The molecule has 18 heavy (non-hydrogen) atoms. The lowest BCUT2D eigenvalue weighted by atomic mass is 10.3. The first kappa shape index (κ1) is 12.0. The second-order valence-electron chi connectivity index (χ2n) is 3.61. The number of hydrogen-bond donors (Lipinski definition) is 0. The number of rotatable bonds is 4. The molecule has 0 unspecified atom stereocenters. The molecule has 0 saturated heterocycles. The second kappa shape index (κ2) is 5.27. The van der Waals surface area contributed by atoms with Crippen LogP contribution >= 0.6 is 0 Å². The molecule has 2 heterocycles. The van der Waals surface area contributed by atoms with E-state index in [1.54, 1.807) is 30.3 Å². The van der Waals surface area contributed by atoms with Gasteiger partial charge in [0.15, 0.2) is 11.5 Å². The van der Waals surface area contributed by atoms with Crippen molar-refractivity contribution < 1.29 is 18.7 Å². The molecule has 0 spiro atoms. The predicted octanol–water partition coefficient (Wildman–Crippen LogP) is 2.23. The van der Waals surface area contributed by atoms with Crippen molar-refractivity contribution in [2.45, 2.75) is 13.5 Å². The lowest BCUT2D eigenvalue weighted by Crippen LogP contribution is -2.06. The number of aromatic nitrogens is 1. The van der Waals surface area contributed by atoms with E-state index in [0.717, 1.165) is 0 Å². The Morgan fingerprint density at radius 3 is 2.72 bits per heavy atom. The summed E-state index contributed by atoms with van der Waals surface area (Å²) in [5, 5.41) is 0. The number of carbonyl (C=O) groups is 2. The van der Waals surface area contributed by atoms with Crippen LogP contribution in [0.1, 0.15) is 33.7 Å². The second-order valence-corrected chi connectivity index (χ2v) is 3.61. The third-order valence-corrected chi connectivity index (χ3v) is 2.23. The third-order valence-electron chi connectivity index (χ3n) is 2.23. The lowest BCUT2D eigenvalue weighted by molar-refractivity contribution is 0.0437. The van der Waals surface area contributed by atoms with Gasteiger partial charge >= 0.3 is 5.97 Å². The molecule has 5 heteroatoms. The summed E-state index contributed by atoms with van der Waals surface area (Å²) in [5.41, 5.74) is 0.232. The Balaban J connectivity index is 1.95. The molecule has 2 aromatic heterocycles. The van der Waals surface area contributed by atoms with Gasteiger partial charge in [-0.1, -0.05) is 6.07 Å². The third kappa shape index (κ3) is 2.82. The van der Waals surface area contributed by atoms with Crippen LogP contribution in [0.5, 0.6) is 0 Å². The number of esters is 1. The number of ketones is 1. The van der Waals surface area contributed by atoms with Crippen molar-refractivity contribution in [3.05, 3.63) is 53.7 Å². The summed E-state index contributed by atoms with van der Waals surface area (Å²) in [6.45, 7) is 1.38. The fraction of sp³-hybridized carbons (Fsp3) is 0.154. The van der Waals surface area contributed by atoms with Gasteiger partial charge in [0.1, 0.15) is 18.1 Å². The summed E-state index contributed by atoms with van der Waals surface area (Å²) in [6.07, 6.45) is 1.51. The standard InChI is InChI=1S/C13H11NO4/c1-9(15)12-6-5-10(18-12)8-17-13(16)11-4-2-3-7-14-11/h2-7H,8H2,1H3. The van der Waals surface area contributed by atoms with E-state index in [9.17, 15) is 9.59 Å². The Morgan fingerprint density at radius 2 is 2.11 bits per heavy atom. The minimum atomic E-state index is -0.531. The van der Waals surface area contributed by atoms with Gasteiger partial charge in [-0.25, -0.2) is 9.78 Å². The van der Waals surface area contributed by atoms with E-state index in [1.807, 2.05) is 0 Å². The minimum absolute atomic E-state index is 0.0251. The summed E-state index contributed by atoms with van der Waals surface area (Å²) in [7, 11) is 0. The van der Waals surface area contributed by atoms with Gasteiger partial charge in [-0.15, -0.1) is 0 Å². The first-order valence-electron chi connectivity index (χ1n) is 5.34.